The molecule has 2 rings (SSSR count). The van der Waals surface area contributed by atoms with E-state index in [-0.39, 0.29) is 22.6 Å². The third-order valence-corrected chi connectivity index (χ3v) is 6.52. The summed E-state index contributed by atoms with van der Waals surface area (Å²) in [5.74, 6) is 4.56. The molecule has 0 bridgehead atoms. The Balaban J connectivity index is 2.11. The average Bonchev–Trinajstić information content (AvgIpc) is 2.64. The SMILES string of the molecule is CN(C)S(=O)(=O)c1cc(C(=O)NCC#Cc2cccc(C(F)(F)F)c2)ccc1Br. The Labute approximate surface area is 175 Å². The molecule has 29 heavy (non-hydrogen) atoms. The zero-order chi connectivity index (χ0) is 21.8. The zero-order valence-corrected chi connectivity index (χ0v) is 17.7. The van der Waals surface area contributed by atoms with E-state index in [0.717, 1.165) is 16.4 Å². The smallest absolute Gasteiger partial charge is 0.341 e. The molecular weight excluding hydrogens is 473 g/mol. The molecule has 0 saturated carbocycles. The van der Waals surface area contributed by atoms with Crippen molar-refractivity contribution in [2.24, 2.45) is 0 Å². The van der Waals surface area contributed by atoms with Crippen molar-refractivity contribution in [3.8, 4) is 11.8 Å². The lowest BCUT2D eigenvalue weighted by Crippen LogP contribution is -2.25. The van der Waals surface area contributed by atoms with Gasteiger partial charge in [0.2, 0.25) is 10.0 Å². The molecule has 0 aliphatic carbocycles. The van der Waals surface area contributed by atoms with Crippen molar-refractivity contribution in [3.05, 3.63) is 63.6 Å². The van der Waals surface area contributed by atoms with Crippen molar-refractivity contribution >= 4 is 31.9 Å². The van der Waals surface area contributed by atoms with E-state index >= 15 is 0 Å². The quantitative estimate of drug-likeness (QED) is 0.669. The van der Waals surface area contributed by atoms with Gasteiger partial charge in [-0.1, -0.05) is 17.9 Å². The van der Waals surface area contributed by atoms with Gasteiger partial charge in [-0.25, -0.2) is 12.7 Å². The van der Waals surface area contributed by atoms with Gasteiger partial charge in [0.1, 0.15) is 0 Å². The number of nitrogens with zero attached hydrogens (tertiary/aromatic N) is 1. The third kappa shape index (κ3) is 5.82. The molecule has 0 radical (unpaired) electrons. The highest BCUT2D eigenvalue weighted by atomic mass is 79.9. The number of sulfonamides is 1. The van der Waals surface area contributed by atoms with E-state index in [1.165, 1.54) is 44.4 Å². The number of benzene rings is 2. The number of nitrogens with one attached hydrogen (secondary N) is 1. The molecular formula is C19H16BrF3N2O3S. The van der Waals surface area contributed by atoms with Crippen LogP contribution >= 0.6 is 15.9 Å². The Morgan fingerprint density at radius 3 is 2.48 bits per heavy atom. The first-order valence-electron chi connectivity index (χ1n) is 8.09. The fraction of sp³-hybridized carbons (Fsp3) is 0.211. The van der Waals surface area contributed by atoms with Crippen LogP contribution in [-0.4, -0.2) is 39.3 Å². The predicted molar refractivity (Wildman–Crippen MR) is 106 cm³/mol. The fourth-order valence-electron chi connectivity index (χ4n) is 2.19. The van der Waals surface area contributed by atoms with Crippen LogP contribution in [0.1, 0.15) is 21.5 Å². The van der Waals surface area contributed by atoms with Crippen LogP contribution in [-0.2, 0) is 16.2 Å². The summed E-state index contributed by atoms with van der Waals surface area (Å²) in [6.45, 7) is -0.124. The summed E-state index contributed by atoms with van der Waals surface area (Å²) in [4.78, 5) is 12.2. The van der Waals surface area contributed by atoms with E-state index in [0.29, 0.717) is 4.47 Å². The van der Waals surface area contributed by atoms with Crippen LogP contribution in [0.2, 0.25) is 0 Å². The molecule has 0 unspecified atom stereocenters. The molecule has 2 aromatic carbocycles. The second-order valence-corrected chi connectivity index (χ2v) is 8.97. The molecule has 0 aromatic heterocycles. The van der Waals surface area contributed by atoms with Crippen molar-refractivity contribution in [2.45, 2.75) is 11.1 Å². The third-order valence-electron chi connectivity index (χ3n) is 3.71. The highest BCUT2D eigenvalue weighted by Crippen LogP contribution is 2.29. The largest absolute Gasteiger partial charge is 0.416 e. The van der Waals surface area contributed by atoms with Gasteiger partial charge < -0.3 is 5.32 Å². The number of rotatable bonds is 4. The minimum Gasteiger partial charge on any atom is -0.341 e. The van der Waals surface area contributed by atoms with Crippen molar-refractivity contribution in [1.82, 2.24) is 9.62 Å². The first-order chi connectivity index (χ1) is 13.4. The lowest BCUT2D eigenvalue weighted by molar-refractivity contribution is -0.137. The molecule has 0 aliphatic rings. The summed E-state index contributed by atoms with van der Waals surface area (Å²) in [6.07, 6.45) is -4.46. The number of hydrogen-bond donors (Lipinski definition) is 1. The summed E-state index contributed by atoms with van der Waals surface area (Å²) in [5, 5.41) is 2.48. The van der Waals surface area contributed by atoms with E-state index in [9.17, 15) is 26.4 Å². The number of carbonyl (C=O) groups is 1. The van der Waals surface area contributed by atoms with Crippen LogP contribution in [0.25, 0.3) is 0 Å². The number of amides is 1. The van der Waals surface area contributed by atoms with Gasteiger partial charge in [0, 0.05) is 29.7 Å². The Morgan fingerprint density at radius 1 is 1.17 bits per heavy atom. The Kier molecular flexibility index (Phi) is 7.11. The maximum absolute atomic E-state index is 12.7. The molecule has 0 saturated heterocycles. The van der Waals surface area contributed by atoms with Crippen LogP contribution in [0, 0.1) is 11.8 Å². The molecule has 2 aromatic rings. The van der Waals surface area contributed by atoms with Gasteiger partial charge in [0.15, 0.2) is 0 Å². The minimum absolute atomic E-state index is 0.0646. The van der Waals surface area contributed by atoms with Crippen molar-refractivity contribution in [3.63, 3.8) is 0 Å². The first kappa shape index (κ1) is 22.9. The zero-order valence-electron chi connectivity index (χ0n) is 15.3. The highest BCUT2D eigenvalue weighted by molar-refractivity contribution is 9.10. The Bertz CT molecular complexity index is 1090. The topological polar surface area (TPSA) is 66.5 Å². The Hall–Kier alpha value is -2.35. The number of hydrogen-bond acceptors (Lipinski definition) is 3. The maximum atomic E-state index is 12.7. The van der Waals surface area contributed by atoms with Gasteiger partial charge >= 0.3 is 6.18 Å². The maximum Gasteiger partial charge on any atom is 0.416 e. The second kappa shape index (κ2) is 8.98. The first-order valence-corrected chi connectivity index (χ1v) is 10.3. The Morgan fingerprint density at radius 2 is 1.86 bits per heavy atom. The van der Waals surface area contributed by atoms with Crippen LogP contribution in [0.5, 0.6) is 0 Å². The standard InChI is InChI=1S/C19H16BrF3N2O3S/c1-25(2)29(27,28)17-12-14(8-9-16(17)20)18(26)24-10-4-6-13-5-3-7-15(11-13)19(21,22)23/h3,5,7-9,11-12H,10H2,1-2H3,(H,24,26). The molecule has 0 spiro atoms. The van der Waals surface area contributed by atoms with Crippen molar-refractivity contribution in [2.75, 3.05) is 20.6 Å². The summed E-state index contributed by atoms with van der Waals surface area (Å²) >= 11 is 3.15. The molecule has 0 aliphatic heterocycles. The monoisotopic (exact) mass is 488 g/mol. The predicted octanol–water partition coefficient (Wildman–Crippen LogP) is 3.50. The summed E-state index contributed by atoms with van der Waals surface area (Å²) < 4.78 is 64.0. The summed E-state index contributed by atoms with van der Waals surface area (Å²) in [6, 6.07) is 8.65. The number of carbonyl (C=O) groups excluding carboxylic acids is 1. The fourth-order valence-corrected chi connectivity index (χ4v) is 4.03. The molecule has 1 amide bonds. The molecule has 1 N–H and O–H groups in total. The van der Waals surface area contributed by atoms with E-state index in [1.54, 1.807) is 0 Å². The van der Waals surface area contributed by atoms with E-state index in [2.05, 4.69) is 33.1 Å². The van der Waals surface area contributed by atoms with Crippen LogP contribution in [0.3, 0.4) is 0 Å². The van der Waals surface area contributed by atoms with Gasteiger partial charge in [-0.15, -0.1) is 0 Å². The summed E-state index contributed by atoms with van der Waals surface area (Å²) in [7, 11) is -1.01. The van der Waals surface area contributed by atoms with Crippen molar-refractivity contribution in [1.29, 1.82) is 0 Å². The molecule has 154 valence electrons. The van der Waals surface area contributed by atoms with Gasteiger partial charge in [-0.2, -0.15) is 13.2 Å². The lowest BCUT2D eigenvalue weighted by atomic mass is 10.1. The molecule has 5 nitrogen and oxygen atoms in total. The van der Waals surface area contributed by atoms with E-state index in [4.69, 9.17) is 0 Å². The lowest BCUT2D eigenvalue weighted by Gasteiger charge is -2.13. The van der Waals surface area contributed by atoms with Crippen LogP contribution < -0.4 is 5.32 Å². The normalized spacial score (nSPS) is 11.7. The molecule has 0 fully saturated rings. The number of halogens is 4. The second-order valence-electron chi connectivity index (χ2n) is 6.00. The van der Waals surface area contributed by atoms with Gasteiger partial charge in [0.05, 0.1) is 17.0 Å². The molecule has 0 heterocycles. The van der Waals surface area contributed by atoms with Gasteiger partial charge in [-0.05, 0) is 52.3 Å². The highest BCUT2D eigenvalue weighted by Gasteiger charge is 2.30. The minimum atomic E-state index is -4.46. The van der Waals surface area contributed by atoms with Crippen LogP contribution in [0.15, 0.2) is 51.8 Å². The van der Waals surface area contributed by atoms with Gasteiger partial charge in [0.25, 0.3) is 5.91 Å². The van der Waals surface area contributed by atoms with Gasteiger partial charge in [-0.3, -0.25) is 4.79 Å². The van der Waals surface area contributed by atoms with Crippen LogP contribution in [0.4, 0.5) is 13.2 Å². The average molecular weight is 489 g/mol. The molecule has 0 atom stereocenters. The molecule has 10 heteroatoms. The summed E-state index contributed by atoms with van der Waals surface area (Å²) in [5.41, 5.74) is -0.538. The van der Waals surface area contributed by atoms with E-state index in [1.807, 2.05) is 0 Å². The van der Waals surface area contributed by atoms with Crippen molar-refractivity contribution < 1.29 is 26.4 Å². The van der Waals surface area contributed by atoms with E-state index < -0.39 is 27.7 Å². The number of alkyl halides is 3.